The van der Waals surface area contributed by atoms with E-state index in [1.807, 2.05) is 62.4 Å². The molecule has 0 aromatic rings. The fourth-order valence-electron chi connectivity index (χ4n) is 3.31. The molecular formula is C23H42N4O4. The van der Waals surface area contributed by atoms with E-state index in [1.54, 1.807) is 0 Å². The smallest absolute Gasteiger partial charge is 0.408 e. The van der Waals surface area contributed by atoms with Gasteiger partial charge in [0, 0.05) is 26.2 Å². The van der Waals surface area contributed by atoms with Crippen LogP contribution in [0.5, 0.6) is 0 Å². The maximum absolute atomic E-state index is 11.7. The lowest BCUT2D eigenvalue weighted by Gasteiger charge is -2.29. The second-order valence-electron chi connectivity index (χ2n) is 10.9. The van der Waals surface area contributed by atoms with E-state index in [0.29, 0.717) is 6.54 Å². The highest BCUT2D eigenvalue weighted by Gasteiger charge is 2.38. The molecule has 2 aliphatic rings. The van der Waals surface area contributed by atoms with Gasteiger partial charge in [-0.1, -0.05) is 13.2 Å². The van der Waals surface area contributed by atoms with Crippen molar-refractivity contribution in [2.45, 2.75) is 77.7 Å². The van der Waals surface area contributed by atoms with Crippen LogP contribution in [0.15, 0.2) is 24.3 Å². The number of alkyl carbamates (subject to hydrolysis) is 2. The first kappa shape index (κ1) is 27.0. The molecule has 2 aliphatic heterocycles. The summed E-state index contributed by atoms with van der Waals surface area (Å²) in [6.07, 6.45) is -0.777. The largest absolute Gasteiger partial charge is 0.444 e. The van der Waals surface area contributed by atoms with Crippen LogP contribution in [0.2, 0.25) is 0 Å². The van der Waals surface area contributed by atoms with Crippen LogP contribution in [0.25, 0.3) is 0 Å². The molecule has 0 saturated carbocycles. The SMILES string of the molecule is C=C1CN(C)C[C@@]1(C)NC(=O)OC(C)(C)C.C=C1CNC[C@@]1(C)NC(=O)OC(C)(C)C. The number of ether oxygens (including phenoxy) is 2. The number of likely N-dealkylation sites (tertiary alicyclic amines) is 1. The number of carbonyl (C=O) groups excluding carboxylic acids is 2. The lowest BCUT2D eigenvalue weighted by Crippen LogP contribution is -2.50. The molecule has 0 aromatic carbocycles. The van der Waals surface area contributed by atoms with E-state index in [2.05, 4.69) is 34.0 Å². The third-order valence-corrected chi connectivity index (χ3v) is 4.98. The molecule has 3 N–H and O–H groups in total. The Morgan fingerprint density at radius 2 is 1.39 bits per heavy atom. The predicted molar refractivity (Wildman–Crippen MR) is 124 cm³/mol. The topological polar surface area (TPSA) is 91.9 Å². The zero-order valence-corrected chi connectivity index (χ0v) is 20.8. The third kappa shape index (κ3) is 8.91. The maximum atomic E-state index is 11.7. The molecule has 8 nitrogen and oxygen atoms in total. The van der Waals surface area contributed by atoms with Crippen molar-refractivity contribution in [3.05, 3.63) is 24.3 Å². The Morgan fingerprint density at radius 1 is 0.935 bits per heavy atom. The quantitative estimate of drug-likeness (QED) is 0.574. The molecule has 8 heteroatoms. The lowest BCUT2D eigenvalue weighted by atomic mass is 9.97. The van der Waals surface area contributed by atoms with Crippen LogP contribution in [0, 0.1) is 0 Å². The second kappa shape index (κ2) is 9.61. The minimum absolute atomic E-state index is 0.378. The molecule has 0 unspecified atom stereocenters. The summed E-state index contributed by atoms with van der Waals surface area (Å²) in [5.74, 6) is 0. The molecule has 0 aliphatic carbocycles. The van der Waals surface area contributed by atoms with Gasteiger partial charge in [0.2, 0.25) is 0 Å². The maximum Gasteiger partial charge on any atom is 0.408 e. The van der Waals surface area contributed by atoms with Crippen molar-refractivity contribution in [2.75, 3.05) is 33.2 Å². The Morgan fingerprint density at radius 3 is 1.71 bits per heavy atom. The number of hydrogen-bond donors (Lipinski definition) is 3. The summed E-state index contributed by atoms with van der Waals surface area (Å²) in [6.45, 7) is 25.9. The Labute approximate surface area is 187 Å². The average molecular weight is 439 g/mol. The van der Waals surface area contributed by atoms with E-state index >= 15 is 0 Å². The molecule has 2 amide bonds. The number of rotatable bonds is 2. The fourth-order valence-corrected chi connectivity index (χ4v) is 3.31. The van der Waals surface area contributed by atoms with Crippen LogP contribution in [-0.2, 0) is 9.47 Å². The molecule has 31 heavy (non-hydrogen) atoms. The van der Waals surface area contributed by atoms with Gasteiger partial charge in [-0.3, -0.25) is 4.90 Å². The minimum Gasteiger partial charge on any atom is -0.444 e. The molecule has 2 rings (SSSR count). The summed E-state index contributed by atoms with van der Waals surface area (Å²) in [5.41, 5.74) is 0.300. The number of nitrogens with zero attached hydrogens (tertiary/aromatic N) is 1. The van der Waals surface area contributed by atoms with Crippen LogP contribution >= 0.6 is 0 Å². The molecule has 2 heterocycles. The van der Waals surface area contributed by atoms with Gasteiger partial charge >= 0.3 is 12.2 Å². The van der Waals surface area contributed by atoms with Gasteiger partial charge in [0.15, 0.2) is 0 Å². The predicted octanol–water partition coefficient (Wildman–Crippen LogP) is 3.20. The van der Waals surface area contributed by atoms with Gasteiger partial charge in [-0.25, -0.2) is 9.59 Å². The van der Waals surface area contributed by atoms with Crippen LogP contribution < -0.4 is 16.0 Å². The monoisotopic (exact) mass is 438 g/mol. The number of amides is 2. The summed E-state index contributed by atoms with van der Waals surface area (Å²) < 4.78 is 10.4. The zero-order chi connectivity index (χ0) is 24.3. The summed E-state index contributed by atoms with van der Waals surface area (Å²) in [6, 6.07) is 0. The van der Waals surface area contributed by atoms with Crippen molar-refractivity contribution in [1.29, 1.82) is 0 Å². The molecule has 2 atom stereocenters. The molecule has 178 valence electrons. The summed E-state index contributed by atoms with van der Waals surface area (Å²) in [5, 5.41) is 8.89. The standard InChI is InChI=1S/C12H22N2O2.C11H20N2O2/c1-9-7-14(6)8-12(9,5)13-10(15)16-11(2,3)4;1-8-6-12-7-11(8,5)13-9(14)15-10(2,3)4/h1,7-8H2,2-6H3,(H,13,15);12H,1,6-7H2,2-5H3,(H,13,14)/t12-;11-/m11/s1. The second-order valence-corrected chi connectivity index (χ2v) is 10.9. The normalized spacial score (nSPS) is 26.7. The average Bonchev–Trinajstić information content (AvgIpc) is 2.94. The minimum atomic E-state index is -0.466. The van der Waals surface area contributed by atoms with Crippen molar-refractivity contribution in [2.24, 2.45) is 0 Å². The van der Waals surface area contributed by atoms with E-state index in [9.17, 15) is 9.59 Å². The first-order valence-corrected chi connectivity index (χ1v) is 10.6. The number of hydrogen-bond acceptors (Lipinski definition) is 6. The highest BCUT2D eigenvalue weighted by atomic mass is 16.6. The Hall–Kier alpha value is -2.06. The van der Waals surface area contributed by atoms with Gasteiger partial charge in [0.25, 0.3) is 0 Å². The lowest BCUT2D eigenvalue weighted by molar-refractivity contribution is 0.0471. The Balaban J connectivity index is 0.000000311. The van der Waals surface area contributed by atoms with Crippen molar-refractivity contribution < 1.29 is 19.1 Å². The summed E-state index contributed by atoms with van der Waals surface area (Å²) in [7, 11) is 2.01. The van der Waals surface area contributed by atoms with Crippen molar-refractivity contribution in [3.8, 4) is 0 Å². The molecular weight excluding hydrogens is 396 g/mol. The van der Waals surface area contributed by atoms with Gasteiger partial charge in [0.1, 0.15) is 11.2 Å². The number of nitrogens with one attached hydrogen (secondary N) is 3. The highest BCUT2D eigenvalue weighted by molar-refractivity contribution is 5.70. The number of carbonyl (C=O) groups is 2. The Kier molecular flexibility index (Phi) is 8.36. The van der Waals surface area contributed by atoms with Crippen LogP contribution in [-0.4, -0.2) is 72.6 Å². The Bertz CT molecular complexity index is 707. The summed E-state index contributed by atoms with van der Waals surface area (Å²) in [4.78, 5) is 25.4. The van der Waals surface area contributed by atoms with Gasteiger partial charge < -0.3 is 25.4 Å². The fraction of sp³-hybridized carbons (Fsp3) is 0.739. The first-order valence-electron chi connectivity index (χ1n) is 10.6. The molecule has 0 bridgehead atoms. The van der Waals surface area contributed by atoms with Gasteiger partial charge in [0.05, 0.1) is 11.1 Å². The van der Waals surface area contributed by atoms with Crippen molar-refractivity contribution >= 4 is 12.2 Å². The highest BCUT2D eigenvalue weighted by Crippen LogP contribution is 2.24. The van der Waals surface area contributed by atoms with Crippen LogP contribution in [0.4, 0.5) is 9.59 Å². The van der Waals surface area contributed by atoms with Crippen LogP contribution in [0.1, 0.15) is 55.4 Å². The molecule has 0 spiro atoms. The van der Waals surface area contributed by atoms with E-state index < -0.39 is 17.3 Å². The summed E-state index contributed by atoms with van der Waals surface area (Å²) >= 11 is 0. The van der Waals surface area contributed by atoms with Gasteiger partial charge in [-0.2, -0.15) is 0 Å². The van der Waals surface area contributed by atoms with Crippen molar-refractivity contribution in [1.82, 2.24) is 20.9 Å². The van der Waals surface area contributed by atoms with E-state index in [-0.39, 0.29) is 17.2 Å². The molecule has 2 fully saturated rings. The molecule has 0 radical (unpaired) electrons. The van der Waals surface area contributed by atoms with E-state index in [4.69, 9.17) is 9.47 Å². The van der Waals surface area contributed by atoms with E-state index in [0.717, 1.165) is 30.8 Å². The molecule has 0 aromatic heterocycles. The first-order chi connectivity index (χ1) is 13.9. The van der Waals surface area contributed by atoms with Gasteiger partial charge in [-0.15, -0.1) is 0 Å². The molecule has 2 saturated heterocycles. The van der Waals surface area contributed by atoms with E-state index in [1.165, 1.54) is 0 Å². The zero-order valence-electron chi connectivity index (χ0n) is 20.8. The van der Waals surface area contributed by atoms with Crippen LogP contribution in [0.3, 0.4) is 0 Å². The van der Waals surface area contributed by atoms with Gasteiger partial charge in [-0.05, 0) is 73.6 Å². The third-order valence-electron chi connectivity index (χ3n) is 4.98. The van der Waals surface area contributed by atoms with Crippen molar-refractivity contribution in [3.63, 3.8) is 0 Å². The number of likely N-dealkylation sites (N-methyl/N-ethyl adjacent to an activating group) is 1.